The van der Waals surface area contributed by atoms with Crippen molar-refractivity contribution in [1.29, 1.82) is 0 Å². The zero-order valence-corrected chi connectivity index (χ0v) is 11.5. The molecule has 2 heterocycles. The first-order valence-electron chi connectivity index (χ1n) is 6.62. The number of nitrogens with zero attached hydrogens (tertiary/aromatic N) is 3. The van der Waals surface area contributed by atoms with Crippen molar-refractivity contribution in [1.82, 2.24) is 14.7 Å². The molecule has 1 aromatic heterocycles. The van der Waals surface area contributed by atoms with Gasteiger partial charge in [0.15, 0.2) is 0 Å². The van der Waals surface area contributed by atoms with Crippen molar-refractivity contribution >= 4 is 0 Å². The summed E-state index contributed by atoms with van der Waals surface area (Å²) in [5, 5.41) is 4.26. The molecule has 5 heteroatoms. The van der Waals surface area contributed by atoms with Crippen LogP contribution < -0.4 is 5.73 Å². The van der Waals surface area contributed by atoms with Gasteiger partial charge in [-0.3, -0.25) is 9.58 Å². The third-order valence-electron chi connectivity index (χ3n) is 3.70. The van der Waals surface area contributed by atoms with E-state index in [9.17, 15) is 0 Å². The molecule has 1 aromatic rings. The second-order valence-corrected chi connectivity index (χ2v) is 5.25. The lowest BCUT2D eigenvalue weighted by Crippen LogP contribution is -2.46. The number of likely N-dealkylation sites (tertiary alicyclic amines) is 1. The normalized spacial score (nSPS) is 25.0. The Morgan fingerprint density at radius 2 is 2.33 bits per heavy atom. The number of hydrogen-bond acceptors (Lipinski definition) is 4. The Hall–Kier alpha value is -0.910. The van der Waals surface area contributed by atoms with E-state index in [0.29, 0.717) is 6.10 Å². The Morgan fingerprint density at radius 1 is 1.56 bits per heavy atom. The lowest BCUT2D eigenvalue weighted by molar-refractivity contribution is 0.0103. The van der Waals surface area contributed by atoms with E-state index in [1.165, 1.54) is 12.0 Å². The van der Waals surface area contributed by atoms with Crippen LogP contribution in [0.25, 0.3) is 0 Å². The lowest BCUT2D eigenvalue weighted by Gasteiger charge is -2.39. The van der Waals surface area contributed by atoms with Crippen molar-refractivity contribution in [2.24, 2.45) is 12.8 Å². The van der Waals surface area contributed by atoms with Gasteiger partial charge in [-0.05, 0) is 26.3 Å². The van der Waals surface area contributed by atoms with Gasteiger partial charge in [0.05, 0.1) is 18.3 Å². The fourth-order valence-electron chi connectivity index (χ4n) is 2.85. The number of nitrogens with two attached hydrogens (primary N) is 1. The number of aromatic nitrogens is 2. The van der Waals surface area contributed by atoms with Gasteiger partial charge < -0.3 is 10.5 Å². The Bertz CT molecular complexity index is 377. The van der Waals surface area contributed by atoms with Crippen LogP contribution >= 0.6 is 0 Å². The molecule has 3 unspecified atom stereocenters. The molecule has 0 bridgehead atoms. The highest BCUT2D eigenvalue weighted by atomic mass is 16.5. The number of piperidine rings is 1. The average molecular weight is 252 g/mol. The van der Waals surface area contributed by atoms with Crippen molar-refractivity contribution in [3.8, 4) is 0 Å². The van der Waals surface area contributed by atoms with Crippen molar-refractivity contribution in [3.63, 3.8) is 0 Å². The first-order valence-corrected chi connectivity index (χ1v) is 6.62. The quantitative estimate of drug-likeness (QED) is 0.865. The number of methoxy groups -OCH3 is 1. The lowest BCUT2D eigenvalue weighted by atomic mass is 9.98. The van der Waals surface area contributed by atoms with Crippen LogP contribution in [0.3, 0.4) is 0 Å². The van der Waals surface area contributed by atoms with Crippen LogP contribution in [0, 0.1) is 0 Å². The van der Waals surface area contributed by atoms with Crippen molar-refractivity contribution < 1.29 is 4.74 Å². The van der Waals surface area contributed by atoms with Crippen LogP contribution in [0.1, 0.15) is 31.4 Å². The molecule has 5 nitrogen and oxygen atoms in total. The molecule has 102 valence electrons. The minimum Gasteiger partial charge on any atom is -0.380 e. The molecular weight excluding hydrogens is 228 g/mol. The van der Waals surface area contributed by atoms with Gasteiger partial charge in [-0.1, -0.05) is 0 Å². The molecule has 3 atom stereocenters. The van der Waals surface area contributed by atoms with Gasteiger partial charge in [-0.2, -0.15) is 5.10 Å². The van der Waals surface area contributed by atoms with Gasteiger partial charge in [0.2, 0.25) is 0 Å². The smallest absolute Gasteiger partial charge is 0.0698 e. The average Bonchev–Trinajstić information content (AvgIpc) is 2.75. The molecule has 1 aliphatic heterocycles. The van der Waals surface area contributed by atoms with E-state index in [-0.39, 0.29) is 12.1 Å². The third-order valence-corrected chi connectivity index (χ3v) is 3.70. The minimum atomic E-state index is 0.0878. The molecule has 0 aliphatic carbocycles. The van der Waals surface area contributed by atoms with E-state index >= 15 is 0 Å². The third kappa shape index (κ3) is 2.91. The van der Waals surface area contributed by atoms with Gasteiger partial charge in [0, 0.05) is 38.5 Å². The Labute approximate surface area is 109 Å². The molecule has 0 saturated carbocycles. The predicted octanol–water partition coefficient (Wildman–Crippen LogP) is 0.919. The Balaban J connectivity index is 2.14. The molecule has 2 N–H and O–H groups in total. The second-order valence-electron chi connectivity index (χ2n) is 5.25. The molecule has 1 saturated heterocycles. The highest BCUT2D eigenvalue weighted by Gasteiger charge is 2.29. The standard InChI is InChI=1S/C13H24N4O/c1-10(14)13(11-7-15-16(2)8-11)17-6-4-5-12(9-17)18-3/h7-8,10,12-13H,4-6,9,14H2,1-3H3. The van der Waals surface area contributed by atoms with Gasteiger partial charge in [0.25, 0.3) is 0 Å². The maximum atomic E-state index is 6.18. The van der Waals surface area contributed by atoms with Crippen LogP contribution in [0.15, 0.2) is 12.4 Å². The monoisotopic (exact) mass is 252 g/mol. The van der Waals surface area contributed by atoms with Crippen LogP contribution in [0.4, 0.5) is 0 Å². The zero-order chi connectivity index (χ0) is 13.1. The molecule has 0 spiro atoms. The fourth-order valence-corrected chi connectivity index (χ4v) is 2.85. The highest BCUT2D eigenvalue weighted by molar-refractivity contribution is 5.13. The van der Waals surface area contributed by atoms with Crippen LogP contribution in [-0.2, 0) is 11.8 Å². The zero-order valence-electron chi connectivity index (χ0n) is 11.5. The van der Waals surface area contributed by atoms with Gasteiger partial charge in [-0.15, -0.1) is 0 Å². The Kier molecular flexibility index (Phi) is 4.37. The van der Waals surface area contributed by atoms with Gasteiger partial charge in [0.1, 0.15) is 0 Å². The first kappa shape index (κ1) is 13.5. The largest absolute Gasteiger partial charge is 0.380 e. The minimum absolute atomic E-state index is 0.0878. The van der Waals surface area contributed by atoms with Crippen LogP contribution in [0.5, 0.6) is 0 Å². The molecule has 1 aliphatic rings. The highest BCUT2D eigenvalue weighted by Crippen LogP contribution is 2.27. The van der Waals surface area contributed by atoms with E-state index in [4.69, 9.17) is 10.5 Å². The summed E-state index contributed by atoms with van der Waals surface area (Å²) >= 11 is 0. The van der Waals surface area contributed by atoms with Crippen LogP contribution in [0.2, 0.25) is 0 Å². The Morgan fingerprint density at radius 3 is 2.89 bits per heavy atom. The summed E-state index contributed by atoms with van der Waals surface area (Å²) < 4.78 is 7.32. The summed E-state index contributed by atoms with van der Waals surface area (Å²) in [6.07, 6.45) is 6.62. The molecule has 0 amide bonds. The number of ether oxygens (including phenoxy) is 1. The SMILES string of the molecule is COC1CCCN(C(c2cnn(C)c2)C(C)N)C1. The molecule has 1 fully saturated rings. The number of rotatable bonds is 4. The van der Waals surface area contributed by atoms with Crippen molar-refractivity contribution in [3.05, 3.63) is 18.0 Å². The fraction of sp³-hybridized carbons (Fsp3) is 0.769. The van der Waals surface area contributed by atoms with E-state index in [2.05, 4.69) is 23.1 Å². The maximum Gasteiger partial charge on any atom is 0.0698 e. The molecule has 2 rings (SSSR count). The topological polar surface area (TPSA) is 56.3 Å². The summed E-state index contributed by atoms with van der Waals surface area (Å²) in [7, 11) is 3.73. The van der Waals surface area contributed by atoms with Crippen molar-refractivity contribution in [2.45, 2.75) is 38.0 Å². The summed E-state index contributed by atoms with van der Waals surface area (Å²) in [6.45, 7) is 4.10. The van der Waals surface area contributed by atoms with E-state index in [1.54, 1.807) is 7.11 Å². The second kappa shape index (κ2) is 5.82. The summed E-state index contributed by atoms with van der Waals surface area (Å²) in [5.74, 6) is 0. The van der Waals surface area contributed by atoms with E-state index in [0.717, 1.165) is 19.5 Å². The van der Waals surface area contributed by atoms with Gasteiger partial charge in [-0.25, -0.2) is 0 Å². The predicted molar refractivity (Wildman–Crippen MR) is 71.2 cm³/mol. The summed E-state index contributed by atoms with van der Waals surface area (Å²) in [5.41, 5.74) is 7.37. The van der Waals surface area contributed by atoms with E-state index < -0.39 is 0 Å². The molecule has 0 radical (unpaired) electrons. The first-order chi connectivity index (χ1) is 8.61. The molecule has 0 aromatic carbocycles. The molecular formula is C13H24N4O. The number of hydrogen-bond donors (Lipinski definition) is 1. The van der Waals surface area contributed by atoms with Crippen LogP contribution in [-0.4, -0.2) is 47.0 Å². The summed E-state index contributed by atoms with van der Waals surface area (Å²) in [4.78, 5) is 2.43. The number of aryl methyl sites for hydroxylation is 1. The van der Waals surface area contributed by atoms with Crippen molar-refractivity contribution in [2.75, 3.05) is 20.2 Å². The molecule has 18 heavy (non-hydrogen) atoms. The maximum absolute atomic E-state index is 6.18. The van der Waals surface area contributed by atoms with Gasteiger partial charge >= 0.3 is 0 Å². The summed E-state index contributed by atoms with van der Waals surface area (Å²) in [6, 6.07) is 0.321. The van der Waals surface area contributed by atoms with E-state index in [1.807, 2.05) is 17.9 Å².